The summed E-state index contributed by atoms with van der Waals surface area (Å²) in [5, 5.41) is 3.12. The normalized spacial score (nSPS) is 22.1. The van der Waals surface area contributed by atoms with E-state index in [0.29, 0.717) is 5.41 Å². The summed E-state index contributed by atoms with van der Waals surface area (Å²) in [6.07, 6.45) is 12.3. The number of piperidine rings is 1. The Balaban J connectivity index is 1.61. The molecule has 0 aromatic carbocycles. The van der Waals surface area contributed by atoms with Gasteiger partial charge in [-0.1, -0.05) is 12.8 Å². The van der Waals surface area contributed by atoms with E-state index in [1.54, 1.807) is 0 Å². The largest absolute Gasteiger partial charge is 0.341 e. The lowest BCUT2D eigenvalue weighted by atomic mass is 9.77. The molecule has 1 aliphatic heterocycles. The van der Waals surface area contributed by atoms with Gasteiger partial charge in [0.2, 0.25) is 5.95 Å². The van der Waals surface area contributed by atoms with E-state index in [1.807, 2.05) is 19.4 Å². The molecule has 0 unspecified atom stereocenters. The van der Waals surface area contributed by atoms with Crippen molar-refractivity contribution in [3.8, 4) is 0 Å². The van der Waals surface area contributed by atoms with Crippen LogP contribution in [0.25, 0.3) is 0 Å². The van der Waals surface area contributed by atoms with Crippen molar-refractivity contribution in [2.24, 2.45) is 5.41 Å². The third-order valence-electron chi connectivity index (χ3n) is 4.84. The Morgan fingerprint density at radius 3 is 2.32 bits per heavy atom. The van der Waals surface area contributed by atoms with Gasteiger partial charge in [0, 0.05) is 37.6 Å². The quantitative estimate of drug-likeness (QED) is 0.906. The van der Waals surface area contributed by atoms with Crippen molar-refractivity contribution in [3.05, 3.63) is 18.0 Å². The summed E-state index contributed by atoms with van der Waals surface area (Å²) in [6, 6.07) is 0. The van der Waals surface area contributed by atoms with Gasteiger partial charge in [0.1, 0.15) is 0 Å². The van der Waals surface area contributed by atoms with Gasteiger partial charge in [-0.25, -0.2) is 9.97 Å². The first-order valence-electron chi connectivity index (χ1n) is 7.52. The number of rotatable bonds is 3. The fourth-order valence-corrected chi connectivity index (χ4v) is 3.61. The number of nitrogens with one attached hydrogen (secondary N) is 1. The van der Waals surface area contributed by atoms with Crippen LogP contribution < -0.4 is 10.2 Å². The Bertz CT molecular complexity index is 399. The number of hydrogen-bond acceptors (Lipinski definition) is 4. The van der Waals surface area contributed by atoms with E-state index < -0.39 is 0 Å². The first kappa shape index (κ1) is 12.9. The standard InChI is InChI=1S/C15H24N4/c1-16-10-13-11-17-14(18-12-13)19-8-6-15(7-9-19)4-2-3-5-15/h11-12,16H,2-10H2,1H3. The van der Waals surface area contributed by atoms with Crippen molar-refractivity contribution < 1.29 is 0 Å². The second-order valence-electron chi connectivity index (χ2n) is 6.12. The van der Waals surface area contributed by atoms with Gasteiger partial charge in [0.25, 0.3) is 0 Å². The number of aromatic nitrogens is 2. The zero-order valence-electron chi connectivity index (χ0n) is 11.9. The second-order valence-corrected chi connectivity index (χ2v) is 6.12. The van der Waals surface area contributed by atoms with E-state index in [-0.39, 0.29) is 0 Å². The van der Waals surface area contributed by atoms with Gasteiger partial charge in [-0.3, -0.25) is 0 Å². The monoisotopic (exact) mass is 260 g/mol. The van der Waals surface area contributed by atoms with Gasteiger partial charge in [-0.2, -0.15) is 0 Å². The predicted octanol–water partition coefficient (Wildman–Crippen LogP) is 2.36. The Kier molecular flexibility index (Phi) is 3.69. The molecule has 0 radical (unpaired) electrons. The fourth-order valence-electron chi connectivity index (χ4n) is 3.61. The average Bonchev–Trinajstić information content (AvgIpc) is 2.90. The number of hydrogen-bond donors (Lipinski definition) is 1. The third kappa shape index (κ3) is 2.73. The minimum atomic E-state index is 0.669. The topological polar surface area (TPSA) is 41.1 Å². The van der Waals surface area contributed by atoms with Gasteiger partial charge in [0.15, 0.2) is 0 Å². The van der Waals surface area contributed by atoms with E-state index in [4.69, 9.17) is 0 Å². The molecular formula is C15H24N4. The molecule has 1 saturated heterocycles. The smallest absolute Gasteiger partial charge is 0.225 e. The van der Waals surface area contributed by atoms with Crippen molar-refractivity contribution in [1.82, 2.24) is 15.3 Å². The Labute approximate surface area is 115 Å². The summed E-state index contributed by atoms with van der Waals surface area (Å²) >= 11 is 0. The molecule has 2 aliphatic rings. The zero-order chi connectivity index (χ0) is 13.1. The van der Waals surface area contributed by atoms with Crippen LogP contribution in [0.5, 0.6) is 0 Å². The van der Waals surface area contributed by atoms with Gasteiger partial charge >= 0.3 is 0 Å². The molecule has 0 amide bonds. The molecule has 1 aromatic heterocycles. The summed E-state index contributed by atoms with van der Waals surface area (Å²) in [6.45, 7) is 3.10. The molecule has 0 atom stereocenters. The molecular weight excluding hydrogens is 236 g/mol. The number of anilines is 1. The maximum Gasteiger partial charge on any atom is 0.225 e. The Hall–Kier alpha value is -1.16. The summed E-state index contributed by atoms with van der Waals surface area (Å²) < 4.78 is 0. The molecule has 19 heavy (non-hydrogen) atoms. The minimum absolute atomic E-state index is 0.669. The highest BCUT2D eigenvalue weighted by Crippen LogP contribution is 2.46. The van der Waals surface area contributed by atoms with Gasteiger partial charge in [0.05, 0.1) is 0 Å². The molecule has 2 fully saturated rings. The Morgan fingerprint density at radius 2 is 1.74 bits per heavy atom. The lowest BCUT2D eigenvalue weighted by molar-refractivity contribution is 0.225. The van der Waals surface area contributed by atoms with Crippen molar-refractivity contribution in [2.75, 3.05) is 25.0 Å². The van der Waals surface area contributed by atoms with Gasteiger partial charge < -0.3 is 10.2 Å². The SMILES string of the molecule is CNCc1cnc(N2CCC3(CCCC3)CC2)nc1. The molecule has 1 spiro atoms. The van der Waals surface area contributed by atoms with Crippen LogP contribution in [-0.4, -0.2) is 30.1 Å². The van der Waals surface area contributed by atoms with Crippen LogP contribution in [0, 0.1) is 5.41 Å². The highest BCUT2D eigenvalue weighted by Gasteiger charge is 2.37. The van der Waals surface area contributed by atoms with E-state index in [9.17, 15) is 0 Å². The summed E-state index contributed by atoms with van der Waals surface area (Å²) in [4.78, 5) is 11.4. The first-order chi connectivity index (χ1) is 9.31. The third-order valence-corrected chi connectivity index (χ3v) is 4.84. The molecule has 4 nitrogen and oxygen atoms in total. The molecule has 0 bridgehead atoms. The molecule has 4 heteroatoms. The van der Waals surface area contributed by atoms with Crippen LogP contribution >= 0.6 is 0 Å². The molecule has 104 valence electrons. The molecule has 1 aromatic rings. The summed E-state index contributed by atoms with van der Waals surface area (Å²) in [5.74, 6) is 0.910. The van der Waals surface area contributed by atoms with E-state index in [0.717, 1.165) is 31.1 Å². The van der Waals surface area contributed by atoms with Crippen LogP contribution in [0.1, 0.15) is 44.1 Å². The molecule has 1 N–H and O–H groups in total. The summed E-state index contributed by atoms with van der Waals surface area (Å²) in [7, 11) is 1.94. The van der Waals surface area contributed by atoms with Crippen molar-refractivity contribution >= 4 is 5.95 Å². The minimum Gasteiger partial charge on any atom is -0.341 e. The van der Waals surface area contributed by atoms with Crippen LogP contribution in [0.3, 0.4) is 0 Å². The van der Waals surface area contributed by atoms with Crippen molar-refractivity contribution in [1.29, 1.82) is 0 Å². The predicted molar refractivity (Wildman–Crippen MR) is 77.1 cm³/mol. The summed E-state index contributed by atoms with van der Waals surface area (Å²) in [5.41, 5.74) is 1.82. The van der Waals surface area contributed by atoms with Crippen molar-refractivity contribution in [2.45, 2.75) is 45.1 Å². The Morgan fingerprint density at radius 1 is 1.11 bits per heavy atom. The fraction of sp³-hybridized carbons (Fsp3) is 0.733. The highest BCUT2D eigenvalue weighted by molar-refractivity contribution is 5.31. The highest BCUT2D eigenvalue weighted by atomic mass is 15.2. The lowest BCUT2D eigenvalue weighted by Crippen LogP contribution is -2.39. The molecule has 1 saturated carbocycles. The zero-order valence-corrected chi connectivity index (χ0v) is 11.9. The van der Waals surface area contributed by atoms with E-state index >= 15 is 0 Å². The van der Waals surface area contributed by atoms with Crippen LogP contribution in [-0.2, 0) is 6.54 Å². The van der Waals surface area contributed by atoms with Gasteiger partial charge in [-0.15, -0.1) is 0 Å². The van der Waals surface area contributed by atoms with Crippen LogP contribution in [0.4, 0.5) is 5.95 Å². The maximum atomic E-state index is 4.51. The van der Waals surface area contributed by atoms with E-state index in [2.05, 4.69) is 20.2 Å². The lowest BCUT2D eigenvalue weighted by Gasteiger charge is -2.39. The van der Waals surface area contributed by atoms with Crippen molar-refractivity contribution in [3.63, 3.8) is 0 Å². The van der Waals surface area contributed by atoms with Crippen LogP contribution in [0.2, 0.25) is 0 Å². The van der Waals surface area contributed by atoms with Crippen LogP contribution in [0.15, 0.2) is 12.4 Å². The first-order valence-corrected chi connectivity index (χ1v) is 7.52. The number of nitrogens with zero attached hydrogens (tertiary/aromatic N) is 3. The van der Waals surface area contributed by atoms with Gasteiger partial charge in [-0.05, 0) is 38.1 Å². The maximum absolute atomic E-state index is 4.51. The second kappa shape index (κ2) is 5.45. The average molecular weight is 260 g/mol. The molecule has 3 rings (SSSR count). The molecule has 1 aliphatic carbocycles. The molecule has 2 heterocycles. The van der Waals surface area contributed by atoms with E-state index in [1.165, 1.54) is 38.5 Å².